The zero-order valence-electron chi connectivity index (χ0n) is 10.6. The van der Waals surface area contributed by atoms with Crippen LogP contribution in [0.4, 0.5) is 5.00 Å². The van der Waals surface area contributed by atoms with E-state index in [0.717, 1.165) is 11.3 Å². The lowest BCUT2D eigenvalue weighted by Crippen LogP contribution is -2.36. The summed E-state index contributed by atoms with van der Waals surface area (Å²) in [5.74, 6) is -0.918. The van der Waals surface area contributed by atoms with Crippen molar-refractivity contribution in [1.82, 2.24) is 4.90 Å². The van der Waals surface area contributed by atoms with Crippen LogP contribution in [-0.4, -0.2) is 41.9 Å². The van der Waals surface area contributed by atoms with Crippen LogP contribution in [0, 0.1) is 10.1 Å². The van der Waals surface area contributed by atoms with Crippen LogP contribution in [0.3, 0.4) is 0 Å². The lowest BCUT2D eigenvalue weighted by molar-refractivity contribution is -0.380. The molecule has 0 aliphatic carbocycles. The summed E-state index contributed by atoms with van der Waals surface area (Å²) in [4.78, 5) is 34.9. The number of hydrogen-bond acceptors (Lipinski definition) is 6. The third-order valence-electron chi connectivity index (χ3n) is 2.31. The first-order valence-electron chi connectivity index (χ1n) is 5.60. The van der Waals surface area contributed by atoms with Gasteiger partial charge in [-0.2, -0.15) is 0 Å². The molecule has 19 heavy (non-hydrogen) atoms. The van der Waals surface area contributed by atoms with Crippen molar-refractivity contribution < 1.29 is 19.2 Å². The molecule has 1 aromatic heterocycles. The predicted octanol–water partition coefficient (Wildman–Crippen LogP) is 1.68. The van der Waals surface area contributed by atoms with Crippen molar-refractivity contribution in [3.8, 4) is 0 Å². The molecule has 0 aliphatic heterocycles. The highest BCUT2D eigenvalue weighted by Crippen LogP contribution is 2.25. The summed E-state index contributed by atoms with van der Waals surface area (Å²) >= 11 is 0.796. The molecular weight excluding hydrogens is 272 g/mol. The van der Waals surface area contributed by atoms with Crippen LogP contribution in [0.5, 0.6) is 0 Å². The minimum atomic E-state index is -0.550. The molecule has 8 heteroatoms. The van der Waals surface area contributed by atoms with Crippen molar-refractivity contribution in [2.45, 2.75) is 13.3 Å². The highest BCUT2D eigenvalue weighted by molar-refractivity contribution is 7.17. The van der Waals surface area contributed by atoms with Gasteiger partial charge in [-0.3, -0.25) is 19.7 Å². The molecule has 104 valence electrons. The second kappa shape index (κ2) is 6.83. The van der Waals surface area contributed by atoms with E-state index >= 15 is 0 Å². The Morgan fingerprint density at radius 1 is 1.47 bits per heavy atom. The highest BCUT2D eigenvalue weighted by atomic mass is 32.1. The number of amides is 1. The smallest absolute Gasteiger partial charge is 0.325 e. The molecule has 0 saturated heterocycles. The molecule has 0 N–H and O–H groups in total. The molecule has 1 amide bonds. The van der Waals surface area contributed by atoms with E-state index in [1.165, 1.54) is 24.1 Å². The molecule has 0 saturated carbocycles. The normalized spacial score (nSPS) is 10.0. The molecular formula is C11H14N2O5S. The fourth-order valence-corrected chi connectivity index (χ4v) is 2.23. The first-order chi connectivity index (χ1) is 8.99. The second-order valence-corrected chi connectivity index (χ2v) is 4.76. The number of rotatable bonds is 6. The summed E-state index contributed by atoms with van der Waals surface area (Å²) in [6.45, 7) is 2.10. The molecule has 0 aromatic carbocycles. The van der Waals surface area contributed by atoms with Gasteiger partial charge in [-0.05, 0) is 12.5 Å². The van der Waals surface area contributed by atoms with Gasteiger partial charge in [-0.1, -0.05) is 18.3 Å². The predicted molar refractivity (Wildman–Crippen MR) is 69.2 cm³/mol. The molecule has 7 nitrogen and oxygen atoms in total. The van der Waals surface area contributed by atoms with Gasteiger partial charge in [-0.25, -0.2) is 0 Å². The molecule has 0 bridgehead atoms. The van der Waals surface area contributed by atoms with Gasteiger partial charge in [0.05, 0.1) is 16.9 Å². The van der Waals surface area contributed by atoms with Gasteiger partial charge in [0.1, 0.15) is 6.54 Å². The van der Waals surface area contributed by atoms with Crippen LogP contribution in [0.2, 0.25) is 0 Å². The lowest BCUT2D eigenvalue weighted by atomic mass is 10.3. The average molecular weight is 286 g/mol. The Morgan fingerprint density at radius 3 is 2.63 bits per heavy atom. The number of carbonyl (C=O) groups is 2. The SMILES string of the molecule is CCCN(CC(=O)OC)C(=O)c1ccc([N+](=O)[O-])s1. The van der Waals surface area contributed by atoms with E-state index in [4.69, 9.17) is 0 Å². The minimum absolute atomic E-state index is 0.0992. The Labute approximate surface area is 113 Å². The topological polar surface area (TPSA) is 89.8 Å². The molecule has 0 spiro atoms. The average Bonchev–Trinajstić information content (AvgIpc) is 2.86. The third-order valence-corrected chi connectivity index (χ3v) is 3.34. The Bertz CT molecular complexity index is 485. The van der Waals surface area contributed by atoms with E-state index in [-0.39, 0.29) is 16.4 Å². The summed E-state index contributed by atoms with van der Waals surface area (Å²) in [7, 11) is 1.24. The molecule has 1 aromatic rings. The molecule has 0 unspecified atom stereocenters. The fraction of sp³-hybridized carbons (Fsp3) is 0.455. The standard InChI is InChI=1S/C11H14N2O5S/c1-3-6-12(7-10(14)18-2)11(15)8-4-5-9(19-8)13(16)17/h4-5H,3,6-7H2,1-2H3. The van der Waals surface area contributed by atoms with Crippen molar-refractivity contribution in [3.63, 3.8) is 0 Å². The van der Waals surface area contributed by atoms with Gasteiger partial charge in [0, 0.05) is 12.6 Å². The van der Waals surface area contributed by atoms with Crippen LogP contribution in [-0.2, 0) is 9.53 Å². The van der Waals surface area contributed by atoms with Crippen molar-refractivity contribution in [2.24, 2.45) is 0 Å². The Morgan fingerprint density at radius 2 is 2.16 bits per heavy atom. The van der Waals surface area contributed by atoms with Crippen molar-refractivity contribution >= 4 is 28.2 Å². The minimum Gasteiger partial charge on any atom is -0.468 e. The highest BCUT2D eigenvalue weighted by Gasteiger charge is 2.22. The quantitative estimate of drug-likeness (QED) is 0.451. The maximum absolute atomic E-state index is 12.1. The second-order valence-electron chi connectivity index (χ2n) is 3.70. The summed E-state index contributed by atoms with van der Waals surface area (Å²) < 4.78 is 4.52. The van der Waals surface area contributed by atoms with E-state index < -0.39 is 16.8 Å². The largest absolute Gasteiger partial charge is 0.468 e. The van der Waals surface area contributed by atoms with Gasteiger partial charge < -0.3 is 9.64 Å². The first-order valence-corrected chi connectivity index (χ1v) is 6.41. The molecule has 0 aliphatic rings. The van der Waals surface area contributed by atoms with E-state index in [2.05, 4.69) is 4.74 Å². The number of esters is 1. The first kappa shape index (κ1) is 15.1. The van der Waals surface area contributed by atoms with Gasteiger partial charge in [0.2, 0.25) is 0 Å². The number of nitrogens with zero attached hydrogens (tertiary/aromatic N) is 2. The maximum atomic E-state index is 12.1. The Kier molecular flexibility index (Phi) is 5.43. The molecule has 1 heterocycles. The van der Waals surface area contributed by atoms with Crippen LogP contribution in [0.1, 0.15) is 23.0 Å². The summed E-state index contributed by atoms with van der Waals surface area (Å²) in [6.07, 6.45) is 0.677. The number of nitro groups is 1. The number of carbonyl (C=O) groups excluding carboxylic acids is 2. The monoisotopic (exact) mass is 286 g/mol. The van der Waals surface area contributed by atoms with Crippen molar-refractivity contribution in [1.29, 1.82) is 0 Å². The van der Waals surface area contributed by atoms with Crippen LogP contribution in [0.15, 0.2) is 12.1 Å². The van der Waals surface area contributed by atoms with Gasteiger partial charge in [-0.15, -0.1) is 0 Å². The molecule has 0 radical (unpaired) electrons. The van der Waals surface area contributed by atoms with Crippen molar-refractivity contribution in [3.05, 3.63) is 27.1 Å². The fourth-order valence-electron chi connectivity index (χ4n) is 1.44. The summed E-state index contributed by atoms with van der Waals surface area (Å²) in [5.41, 5.74) is 0. The van der Waals surface area contributed by atoms with E-state index in [1.807, 2.05) is 6.92 Å². The number of hydrogen-bond donors (Lipinski definition) is 0. The number of thiophene rings is 1. The van der Waals surface area contributed by atoms with Crippen molar-refractivity contribution in [2.75, 3.05) is 20.2 Å². The molecule has 0 fully saturated rings. The summed E-state index contributed by atoms with van der Waals surface area (Å²) in [5, 5.41) is 10.5. The van der Waals surface area contributed by atoms with E-state index in [9.17, 15) is 19.7 Å². The van der Waals surface area contributed by atoms with Crippen LogP contribution >= 0.6 is 11.3 Å². The van der Waals surface area contributed by atoms with E-state index in [0.29, 0.717) is 13.0 Å². The zero-order valence-corrected chi connectivity index (χ0v) is 11.4. The molecule has 0 atom stereocenters. The number of ether oxygens (including phenoxy) is 1. The molecule has 1 rings (SSSR count). The Hall–Kier alpha value is -1.96. The van der Waals surface area contributed by atoms with E-state index in [1.54, 1.807) is 0 Å². The number of methoxy groups -OCH3 is 1. The zero-order chi connectivity index (χ0) is 14.4. The van der Waals surface area contributed by atoms with Gasteiger partial charge in [0.15, 0.2) is 0 Å². The lowest BCUT2D eigenvalue weighted by Gasteiger charge is -2.19. The summed E-state index contributed by atoms with van der Waals surface area (Å²) in [6, 6.07) is 2.67. The third kappa shape index (κ3) is 4.02. The van der Waals surface area contributed by atoms with Crippen LogP contribution < -0.4 is 0 Å². The van der Waals surface area contributed by atoms with Gasteiger partial charge >= 0.3 is 11.0 Å². The van der Waals surface area contributed by atoms with Gasteiger partial charge in [0.25, 0.3) is 5.91 Å². The maximum Gasteiger partial charge on any atom is 0.325 e. The van der Waals surface area contributed by atoms with Crippen LogP contribution in [0.25, 0.3) is 0 Å². The Balaban J connectivity index is 2.85.